The van der Waals surface area contributed by atoms with E-state index >= 15 is 0 Å². The van der Waals surface area contributed by atoms with Crippen LogP contribution in [0, 0.1) is 6.92 Å². The molecule has 0 spiro atoms. The van der Waals surface area contributed by atoms with Gasteiger partial charge in [-0.2, -0.15) is 0 Å². The van der Waals surface area contributed by atoms with Crippen molar-refractivity contribution in [1.29, 1.82) is 0 Å². The maximum atomic E-state index is 13.5. The molecule has 0 aliphatic heterocycles. The minimum Gasteiger partial charge on any atom is -0.494 e. The number of carbonyl (C=O) groups is 1. The summed E-state index contributed by atoms with van der Waals surface area (Å²) in [6.45, 7) is 6.10. The first-order chi connectivity index (χ1) is 15.8. The Kier molecular flexibility index (Phi) is 6.74. The molecule has 0 saturated heterocycles. The van der Waals surface area contributed by atoms with E-state index in [9.17, 15) is 9.59 Å². The van der Waals surface area contributed by atoms with Crippen LogP contribution < -0.4 is 15.6 Å². The molecule has 4 aromatic rings. The number of amides is 1. The van der Waals surface area contributed by atoms with E-state index in [1.807, 2.05) is 38.1 Å². The van der Waals surface area contributed by atoms with Gasteiger partial charge in [-0.25, -0.2) is 4.98 Å². The third-order valence-electron chi connectivity index (χ3n) is 5.25. The zero-order valence-electron chi connectivity index (χ0n) is 18.2. The first-order valence-electron chi connectivity index (χ1n) is 10.3. The number of carbonyl (C=O) groups excluding carboxylic acids is 1. The Morgan fingerprint density at radius 1 is 1.21 bits per heavy atom. The second-order valence-corrected chi connectivity index (χ2v) is 9.46. The lowest BCUT2D eigenvalue weighted by molar-refractivity contribution is -0.118. The van der Waals surface area contributed by atoms with Crippen LogP contribution in [0.15, 0.2) is 53.6 Å². The van der Waals surface area contributed by atoms with Gasteiger partial charge in [-0.05, 0) is 56.7 Å². The summed E-state index contributed by atoms with van der Waals surface area (Å²) < 4.78 is 6.86. The SMILES string of the molecule is CCOc1ccc(-c2c(C)sc3ncn(C(C)C(=O)Nc4cc(Cl)ccc4Cl)c(=O)c23)cc1. The normalized spacial score (nSPS) is 12.0. The van der Waals surface area contributed by atoms with Gasteiger partial charge in [0.1, 0.15) is 16.6 Å². The third kappa shape index (κ3) is 4.62. The predicted octanol–water partition coefficient (Wildman–Crippen LogP) is 6.34. The number of aromatic nitrogens is 2. The number of ether oxygens (including phenoxy) is 1. The lowest BCUT2D eigenvalue weighted by Gasteiger charge is -2.16. The van der Waals surface area contributed by atoms with Gasteiger partial charge in [0.2, 0.25) is 5.91 Å². The molecule has 0 bridgehead atoms. The molecule has 9 heteroatoms. The van der Waals surface area contributed by atoms with E-state index in [1.54, 1.807) is 25.1 Å². The first-order valence-corrected chi connectivity index (χ1v) is 11.9. The van der Waals surface area contributed by atoms with Crippen LogP contribution in [-0.2, 0) is 4.79 Å². The van der Waals surface area contributed by atoms with Crippen LogP contribution in [0.5, 0.6) is 5.75 Å². The lowest BCUT2D eigenvalue weighted by atomic mass is 10.0. The van der Waals surface area contributed by atoms with E-state index in [0.29, 0.717) is 32.6 Å². The van der Waals surface area contributed by atoms with Gasteiger partial charge in [0, 0.05) is 15.5 Å². The van der Waals surface area contributed by atoms with Crippen LogP contribution in [0.4, 0.5) is 5.69 Å². The highest BCUT2D eigenvalue weighted by molar-refractivity contribution is 7.19. The summed E-state index contributed by atoms with van der Waals surface area (Å²) >= 11 is 13.6. The van der Waals surface area contributed by atoms with Crippen molar-refractivity contribution in [3.63, 3.8) is 0 Å². The number of hydrogen-bond donors (Lipinski definition) is 1. The summed E-state index contributed by atoms with van der Waals surface area (Å²) in [6.07, 6.45) is 1.41. The monoisotopic (exact) mass is 501 g/mol. The molecule has 0 radical (unpaired) electrons. The van der Waals surface area contributed by atoms with Gasteiger partial charge >= 0.3 is 0 Å². The fraction of sp³-hybridized carbons (Fsp3) is 0.208. The Bertz CT molecular complexity index is 1400. The van der Waals surface area contributed by atoms with Crippen molar-refractivity contribution in [2.24, 2.45) is 0 Å². The zero-order valence-corrected chi connectivity index (χ0v) is 20.5. The Morgan fingerprint density at radius 3 is 2.64 bits per heavy atom. The topological polar surface area (TPSA) is 73.2 Å². The van der Waals surface area contributed by atoms with Crippen LogP contribution in [-0.4, -0.2) is 22.1 Å². The molecule has 6 nitrogen and oxygen atoms in total. The molecule has 1 atom stereocenters. The number of benzene rings is 2. The van der Waals surface area contributed by atoms with Crippen molar-refractivity contribution >= 4 is 56.3 Å². The number of thiophene rings is 1. The molecule has 0 aliphatic carbocycles. The van der Waals surface area contributed by atoms with Gasteiger partial charge in [0.15, 0.2) is 0 Å². The molecule has 1 amide bonds. The fourth-order valence-corrected chi connectivity index (χ4v) is 4.92. The number of halogens is 2. The van der Waals surface area contributed by atoms with Crippen molar-refractivity contribution in [2.75, 3.05) is 11.9 Å². The number of rotatable bonds is 6. The van der Waals surface area contributed by atoms with Gasteiger partial charge in [-0.3, -0.25) is 14.2 Å². The summed E-state index contributed by atoms with van der Waals surface area (Å²) in [5, 5.41) is 4.03. The molecule has 2 aromatic carbocycles. The number of nitrogens with one attached hydrogen (secondary N) is 1. The summed E-state index contributed by atoms with van der Waals surface area (Å²) in [5.41, 5.74) is 1.80. The second-order valence-electron chi connectivity index (χ2n) is 7.42. The molecule has 1 unspecified atom stereocenters. The molecule has 0 fully saturated rings. The Labute approximate surface area is 204 Å². The molecule has 2 aromatic heterocycles. The smallest absolute Gasteiger partial charge is 0.263 e. The van der Waals surface area contributed by atoms with Crippen molar-refractivity contribution in [2.45, 2.75) is 26.8 Å². The zero-order chi connectivity index (χ0) is 23.7. The average molecular weight is 502 g/mol. The molecule has 2 heterocycles. The highest BCUT2D eigenvalue weighted by Crippen LogP contribution is 2.36. The van der Waals surface area contributed by atoms with Gasteiger partial charge < -0.3 is 10.1 Å². The van der Waals surface area contributed by atoms with Crippen molar-refractivity contribution in [3.05, 3.63) is 74.1 Å². The standard InChI is InChI=1S/C24H21Cl2N3O3S/c1-4-32-17-8-5-15(6-9-17)20-14(3)33-23-21(20)24(31)29(12-27-23)13(2)22(30)28-19-11-16(25)7-10-18(19)26/h5-13H,4H2,1-3H3,(H,28,30). The minimum atomic E-state index is -0.821. The number of anilines is 1. The summed E-state index contributed by atoms with van der Waals surface area (Å²) in [4.78, 5) is 32.5. The highest BCUT2D eigenvalue weighted by Gasteiger charge is 2.22. The number of aryl methyl sites for hydroxylation is 1. The van der Waals surface area contributed by atoms with Gasteiger partial charge in [-0.1, -0.05) is 35.3 Å². The lowest BCUT2D eigenvalue weighted by Crippen LogP contribution is -2.31. The van der Waals surface area contributed by atoms with E-state index in [0.717, 1.165) is 21.8 Å². The van der Waals surface area contributed by atoms with Crippen molar-refractivity contribution in [3.8, 4) is 16.9 Å². The number of nitrogens with zero attached hydrogens (tertiary/aromatic N) is 2. The maximum Gasteiger partial charge on any atom is 0.263 e. The summed E-state index contributed by atoms with van der Waals surface area (Å²) in [5.74, 6) is 0.357. The Hall–Kier alpha value is -2.87. The van der Waals surface area contributed by atoms with Crippen LogP contribution in [0.25, 0.3) is 21.3 Å². The van der Waals surface area contributed by atoms with Crippen LogP contribution >= 0.6 is 34.5 Å². The summed E-state index contributed by atoms with van der Waals surface area (Å²) in [7, 11) is 0. The average Bonchev–Trinajstić information content (AvgIpc) is 3.13. The molecule has 0 saturated carbocycles. The number of fused-ring (bicyclic) bond motifs is 1. The Morgan fingerprint density at radius 2 is 1.94 bits per heavy atom. The van der Waals surface area contributed by atoms with Gasteiger partial charge in [0.25, 0.3) is 5.56 Å². The highest BCUT2D eigenvalue weighted by atomic mass is 35.5. The predicted molar refractivity (Wildman–Crippen MR) is 135 cm³/mol. The van der Waals surface area contributed by atoms with Crippen molar-refractivity contribution < 1.29 is 9.53 Å². The molecule has 33 heavy (non-hydrogen) atoms. The molecular formula is C24H21Cl2N3O3S. The van der Waals surface area contributed by atoms with E-state index < -0.39 is 11.9 Å². The number of hydrogen-bond acceptors (Lipinski definition) is 5. The van der Waals surface area contributed by atoms with Gasteiger partial charge in [-0.15, -0.1) is 11.3 Å². The fourth-order valence-electron chi connectivity index (χ4n) is 3.58. The Balaban J connectivity index is 1.73. The van der Waals surface area contributed by atoms with Crippen LogP contribution in [0.2, 0.25) is 10.0 Å². The first kappa shape index (κ1) is 23.3. The minimum absolute atomic E-state index is 0.284. The van der Waals surface area contributed by atoms with Gasteiger partial charge in [0.05, 0.1) is 29.0 Å². The molecule has 4 rings (SSSR count). The molecule has 170 valence electrons. The van der Waals surface area contributed by atoms with E-state index in [2.05, 4.69) is 10.3 Å². The molecule has 0 aliphatic rings. The summed E-state index contributed by atoms with van der Waals surface area (Å²) in [6, 6.07) is 11.6. The van der Waals surface area contributed by atoms with E-state index in [1.165, 1.54) is 22.2 Å². The van der Waals surface area contributed by atoms with E-state index in [4.69, 9.17) is 27.9 Å². The third-order valence-corrected chi connectivity index (χ3v) is 6.83. The van der Waals surface area contributed by atoms with E-state index in [-0.39, 0.29) is 5.56 Å². The van der Waals surface area contributed by atoms with Crippen LogP contribution in [0.1, 0.15) is 24.8 Å². The second kappa shape index (κ2) is 9.55. The van der Waals surface area contributed by atoms with Crippen LogP contribution in [0.3, 0.4) is 0 Å². The van der Waals surface area contributed by atoms with Crippen molar-refractivity contribution in [1.82, 2.24) is 9.55 Å². The molecular weight excluding hydrogens is 481 g/mol. The largest absolute Gasteiger partial charge is 0.494 e. The quantitative estimate of drug-likeness (QED) is 0.334. The molecule has 1 N–H and O–H groups in total. The maximum absolute atomic E-state index is 13.5.